The Morgan fingerprint density at radius 3 is 2.27 bits per heavy atom. The van der Waals surface area contributed by atoms with Gasteiger partial charge in [0.1, 0.15) is 5.60 Å². The molecule has 0 spiro atoms. The van der Waals surface area contributed by atoms with Crippen LogP contribution < -0.4 is 5.32 Å². The van der Waals surface area contributed by atoms with Gasteiger partial charge in [-0.15, -0.1) is 5.10 Å². The number of hydrogen-bond donors (Lipinski definition) is 1. The molecular weight excluding hydrogens is 448 g/mol. The molecule has 11 heteroatoms. The number of nitrogens with one attached hydrogen (secondary N) is 1. The standard InChI is InChI=1S/C22H21ClN6O4/c1-12(28-18(30)14-7-5-6-8-15(14)19(28)31)17-25-20(26-21(32)33-22(2,3)4)27-29(17)16-10-9-13(23)11-24-16/h5-12H,1-4H3,(H,26,27,32). The van der Waals surface area contributed by atoms with E-state index in [2.05, 4.69) is 20.4 Å². The second kappa shape index (κ2) is 8.28. The summed E-state index contributed by atoms with van der Waals surface area (Å²) in [5.41, 5.74) is -0.0880. The molecule has 0 bridgehead atoms. The highest BCUT2D eigenvalue weighted by Gasteiger charge is 2.40. The van der Waals surface area contributed by atoms with E-state index in [9.17, 15) is 14.4 Å². The van der Waals surface area contributed by atoms with E-state index in [0.717, 1.165) is 4.90 Å². The van der Waals surface area contributed by atoms with Crippen LogP contribution >= 0.6 is 11.6 Å². The van der Waals surface area contributed by atoms with E-state index in [0.29, 0.717) is 22.0 Å². The molecule has 0 saturated carbocycles. The number of imide groups is 1. The van der Waals surface area contributed by atoms with E-state index >= 15 is 0 Å². The molecule has 10 nitrogen and oxygen atoms in total. The molecular formula is C22H21ClN6O4. The molecule has 3 amide bonds. The number of halogens is 1. The van der Waals surface area contributed by atoms with Gasteiger partial charge in [-0.05, 0) is 52.0 Å². The molecule has 3 aromatic rings. The smallest absolute Gasteiger partial charge is 0.414 e. The van der Waals surface area contributed by atoms with Crippen LogP contribution in [-0.4, -0.2) is 48.2 Å². The highest BCUT2D eigenvalue weighted by atomic mass is 35.5. The molecule has 1 unspecified atom stereocenters. The highest BCUT2D eigenvalue weighted by Crippen LogP contribution is 2.31. The van der Waals surface area contributed by atoms with E-state index in [4.69, 9.17) is 16.3 Å². The number of benzene rings is 1. The Hall–Kier alpha value is -3.79. The van der Waals surface area contributed by atoms with Crippen LogP contribution in [0.2, 0.25) is 5.02 Å². The maximum absolute atomic E-state index is 13.0. The van der Waals surface area contributed by atoms with Gasteiger partial charge in [-0.3, -0.25) is 19.8 Å². The summed E-state index contributed by atoms with van der Waals surface area (Å²) >= 11 is 5.95. The first-order valence-corrected chi connectivity index (χ1v) is 10.5. The molecule has 170 valence electrons. The van der Waals surface area contributed by atoms with Gasteiger partial charge in [0.15, 0.2) is 11.6 Å². The van der Waals surface area contributed by atoms with Gasteiger partial charge in [0.25, 0.3) is 17.8 Å². The Labute approximate surface area is 194 Å². The summed E-state index contributed by atoms with van der Waals surface area (Å²) in [4.78, 5) is 47.9. The van der Waals surface area contributed by atoms with Crippen molar-refractivity contribution < 1.29 is 19.1 Å². The summed E-state index contributed by atoms with van der Waals surface area (Å²) in [7, 11) is 0. The summed E-state index contributed by atoms with van der Waals surface area (Å²) in [6, 6.07) is 8.99. The number of nitrogens with zero attached hydrogens (tertiary/aromatic N) is 5. The molecule has 0 fully saturated rings. The van der Waals surface area contributed by atoms with Crippen LogP contribution in [0.15, 0.2) is 42.6 Å². The van der Waals surface area contributed by atoms with Crippen molar-refractivity contribution in [2.24, 2.45) is 0 Å². The van der Waals surface area contributed by atoms with Crippen LogP contribution in [0.1, 0.15) is 60.3 Å². The first kappa shape index (κ1) is 22.4. The van der Waals surface area contributed by atoms with Crippen LogP contribution in [0.5, 0.6) is 0 Å². The van der Waals surface area contributed by atoms with Gasteiger partial charge in [-0.2, -0.15) is 9.67 Å². The van der Waals surface area contributed by atoms with Crippen molar-refractivity contribution >= 4 is 35.5 Å². The molecule has 0 aliphatic carbocycles. The SMILES string of the molecule is CC(c1nc(NC(=O)OC(C)(C)C)nn1-c1ccc(Cl)cn1)N1C(=O)c2ccccc2C1=O. The van der Waals surface area contributed by atoms with E-state index in [1.807, 2.05) is 0 Å². The fourth-order valence-corrected chi connectivity index (χ4v) is 3.49. The largest absolute Gasteiger partial charge is 0.444 e. The molecule has 2 aromatic heterocycles. The number of fused-ring (bicyclic) bond motifs is 1. The Kier molecular flexibility index (Phi) is 5.62. The first-order valence-electron chi connectivity index (χ1n) is 10.1. The lowest BCUT2D eigenvalue weighted by atomic mass is 10.1. The maximum atomic E-state index is 13.0. The Morgan fingerprint density at radius 1 is 1.09 bits per heavy atom. The molecule has 1 aliphatic rings. The summed E-state index contributed by atoms with van der Waals surface area (Å²) in [6.45, 7) is 6.83. The number of rotatable bonds is 4. The van der Waals surface area contributed by atoms with Gasteiger partial charge in [0, 0.05) is 6.20 Å². The number of carbonyl (C=O) groups excluding carboxylic acids is 3. The van der Waals surface area contributed by atoms with Gasteiger partial charge in [-0.25, -0.2) is 9.78 Å². The highest BCUT2D eigenvalue weighted by molar-refractivity contribution is 6.30. The minimum absolute atomic E-state index is 0.0699. The Morgan fingerprint density at radius 2 is 1.73 bits per heavy atom. The topological polar surface area (TPSA) is 119 Å². The fourth-order valence-electron chi connectivity index (χ4n) is 3.38. The van der Waals surface area contributed by atoms with Crippen molar-refractivity contribution in [3.05, 3.63) is 64.6 Å². The number of anilines is 1. The second-order valence-corrected chi connectivity index (χ2v) is 8.81. The Bertz CT molecular complexity index is 1210. The minimum Gasteiger partial charge on any atom is -0.444 e. The molecule has 4 rings (SSSR count). The number of aromatic nitrogens is 4. The molecule has 3 heterocycles. The molecule has 1 N–H and O–H groups in total. The van der Waals surface area contributed by atoms with Gasteiger partial charge in [0.2, 0.25) is 0 Å². The summed E-state index contributed by atoms with van der Waals surface area (Å²) in [6.07, 6.45) is 0.680. The van der Waals surface area contributed by atoms with E-state index in [1.165, 1.54) is 10.9 Å². The van der Waals surface area contributed by atoms with E-state index in [-0.39, 0.29) is 11.8 Å². The maximum Gasteiger partial charge on any atom is 0.414 e. The number of pyridine rings is 1. The van der Waals surface area contributed by atoms with Crippen LogP contribution in [-0.2, 0) is 4.74 Å². The average molecular weight is 469 g/mol. The molecule has 1 aliphatic heterocycles. The van der Waals surface area contributed by atoms with Gasteiger partial charge >= 0.3 is 6.09 Å². The predicted molar refractivity (Wildman–Crippen MR) is 119 cm³/mol. The third kappa shape index (κ3) is 4.42. The first-order chi connectivity index (χ1) is 15.5. The van der Waals surface area contributed by atoms with Crippen molar-refractivity contribution in [3.63, 3.8) is 0 Å². The molecule has 33 heavy (non-hydrogen) atoms. The quantitative estimate of drug-likeness (QED) is 0.574. The monoisotopic (exact) mass is 468 g/mol. The normalized spacial score (nSPS) is 14.3. The lowest BCUT2D eigenvalue weighted by Crippen LogP contribution is -2.34. The van der Waals surface area contributed by atoms with Crippen LogP contribution in [0.4, 0.5) is 10.7 Å². The molecule has 0 saturated heterocycles. The Balaban J connectivity index is 1.72. The third-order valence-corrected chi connectivity index (χ3v) is 4.98. The number of amides is 3. The third-order valence-electron chi connectivity index (χ3n) is 4.76. The van der Waals surface area contributed by atoms with E-state index < -0.39 is 29.6 Å². The van der Waals surface area contributed by atoms with Crippen molar-refractivity contribution in [1.82, 2.24) is 24.6 Å². The fraction of sp³-hybridized carbons (Fsp3) is 0.273. The van der Waals surface area contributed by atoms with Crippen LogP contribution in [0.25, 0.3) is 5.82 Å². The minimum atomic E-state index is -0.823. The zero-order valence-corrected chi connectivity index (χ0v) is 19.1. The lowest BCUT2D eigenvalue weighted by molar-refractivity contribution is 0.0582. The van der Waals surface area contributed by atoms with Crippen molar-refractivity contribution in [3.8, 4) is 5.82 Å². The van der Waals surface area contributed by atoms with Gasteiger partial charge in [-0.1, -0.05) is 23.7 Å². The number of ether oxygens (including phenoxy) is 1. The molecule has 1 aromatic carbocycles. The lowest BCUT2D eigenvalue weighted by Gasteiger charge is -2.21. The zero-order chi connectivity index (χ0) is 23.9. The average Bonchev–Trinajstić information content (AvgIpc) is 3.26. The van der Waals surface area contributed by atoms with Crippen molar-refractivity contribution in [2.75, 3.05) is 5.32 Å². The van der Waals surface area contributed by atoms with Gasteiger partial charge in [0.05, 0.1) is 22.2 Å². The summed E-state index contributed by atoms with van der Waals surface area (Å²) < 4.78 is 6.60. The van der Waals surface area contributed by atoms with Crippen molar-refractivity contribution in [1.29, 1.82) is 0 Å². The van der Waals surface area contributed by atoms with Gasteiger partial charge < -0.3 is 4.74 Å². The molecule has 1 atom stereocenters. The zero-order valence-electron chi connectivity index (χ0n) is 18.4. The predicted octanol–water partition coefficient (Wildman–Crippen LogP) is 4.02. The summed E-state index contributed by atoms with van der Waals surface area (Å²) in [5.74, 6) is -0.404. The van der Waals surface area contributed by atoms with Crippen molar-refractivity contribution in [2.45, 2.75) is 39.3 Å². The number of carbonyl (C=O) groups is 3. The van der Waals surface area contributed by atoms with E-state index in [1.54, 1.807) is 64.1 Å². The van der Waals surface area contributed by atoms with Crippen LogP contribution in [0, 0.1) is 0 Å². The number of hydrogen-bond acceptors (Lipinski definition) is 7. The van der Waals surface area contributed by atoms with Crippen LogP contribution in [0.3, 0.4) is 0 Å². The second-order valence-electron chi connectivity index (χ2n) is 8.37. The summed E-state index contributed by atoms with van der Waals surface area (Å²) in [5, 5.41) is 7.21. The molecule has 0 radical (unpaired) electrons.